The molecule has 0 saturated heterocycles. The van der Waals surface area contributed by atoms with Gasteiger partial charge in [0.05, 0.1) is 0 Å². The van der Waals surface area contributed by atoms with Crippen molar-refractivity contribution >= 4 is 23.4 Å². The number of nitrogens with one attached hydrogen (secondary N) is 2. The van der Waals surface area contributed by atoms with E-state index in [0.717, 1.165) is 12.1 Å². The molecule has 0 aromatic heterocycles. The number of halogens is 3. The number of ether oxygens (including phenoxy) is 3. The molecule has 0 aliphatic heterocycles. The van der Waals surface area contributed by atoms with E-state index in [0.29, 0.717) is 22.9 Å². The highest BCUT2D eigenvalue weighted by Crippen LogP contribution is 2.26. The van der Waals surface area contributed by atoms with Crippen LogP contribution in [0.25, 0.3) is 0 Å². The molecule has 0 aliphatic carbocycles. The Labute approximate surface area is 180 Å². The Morgan fingerprint density at radius 2 is 1.09 bits per heavy atom. The summed E-state index contributed by atoms with van der Waals surface area (Å²) in [5, 5.41) is 5.09. The highest BCUT2D eigenvalue weighted by atomic mass is 19.4. The Balaban J connectivity index is 1.51. The Hall–Kier alpha value is -4.21. The fraction of sp³-hybridized carbons (Fsp3) is 0.0909. The fourth-order valence-electron chi connectivity index (χ4n) is 2.52. The van der Waals surface area contributed by atoms with Gasteiger partial charge in [0, 0.05) is 18.3 Å². The lowest BCUT2D eigenvalue weighted by molar-refractivity contribution is -0.274. The first kappa shape index (κ1) is 22.5. The molecular weight excluding hydrogens is 429 g/mol. The average molecular weight is 446 g/mol. The van der Waals surface area contributed by atoms with Crippen molar-refractivity contribution < 1.29 is 37.0 Å². The van der Waals surface area contributed by atoms with Gasteiger partial charge >= 0.3 is 18.4 Å². The van der Waals surface area contributed by atoms with E-state index in [2.05, 4.69) is 15.4 Å². The number of carbonyl (C=O) groups excluding carboxylic acids is 2. The number of hydrogen-bond donors (Lipinski definition) is 2. The van der Waals surface area contributed by atoms with Crippen LogP contribution in [0, 0.1) is 0 Å². The summed E-state index contributed by atoms with van der Waals surface area (Å²) in [5.41, 5.74) is 0.756. The van der Waals surface area contributed by atoms with Crippen molar-refractivity contribution in [3.05, 3.63) is 72.8 Å². The molecule has 2 amide bonds. The van der Waals surface area contributed by atoms with Crippen molar-refractivity contribution in [2.45, 2.75) is 13.3 Å². The van der Waals surface area contributed by atoms with E-state index in [9.17, 15) is 22.8 Å². The molecule has 0 spiro atoms. The first-order valence-corrected chi connectivity index (χ1v) is 9.16. The molecule has 0 aliphatic rings. The molecule has 3 aromatic rings. The molecule has 166 valence electrons. The zero-order valence-electron chi connectivity index (χ0n) is 16.6. The smallest absolute Gasteiger partial charge is 0.457 e. The Bertz CT molecular complexity index is 1070. The summed E-state index contributed by atoms with van der Waals surface area (Å²) in [7, 11) is 0. The van der Waals surface area contributed by atoms with Crippen LogP contribution in [0.1, 0.15) is 6.92 Å². The number of esters is 1. The summed E-state index contributed by atoms with van der Waals surface area (Å²) in [6, 6.07) is 17.1. The zero-order valence-corrected chi connectivity index (χ0v) is 16.6. The maximum atomic E-state index is 12.2. The summed E-state index contributed by atoms with van der Waals surface area (Å²) in [5.74, 6) is 0.630. The lowest BCUT2D eigenvalue weighted by Crippen LogP contribution is -2.19. The van der Waals surface area contributed by atoms with Crippen molar-refractivity contribution in [3.63, 3.8) is 0 Å². The highest BCUT2D eigenvalue weighted by molar-refractivity contribution is 5.99. The molecule has 0 heterocycles. The van der Waals surface area contributed by atoms with Gasteiger partial charge < -0.3 is 24.8 Å². The van der Waals surface area contributed by atoms with Crippen LogP contribution >= 0.6 is 0 Å². The van der Waals surface area contributed by atoms with E-state index in [4.69, 9.17) is 9.47 Å². The van der Waals surface area contributed by atoms with Gasteiger partial charge in [-0.1, -0.05) is 0 Å². The molecule has 3 rings (SSSR count). The molecule has 32 heavy (non-hydrogen) atoms. The second-order valence-corrected chi connectivity index (χ2v) is 6.34. The lowest BCUT2D eigenvalue weighted by atomic mass is 10.3. The molecule has 7 nitrogen and oxygen atoms in total. The third-order valence-corrected chi connectivity index (χ3v) is 3.78. The van der Waals surface area contributed by atoms with Gasteiger partial charge in [-0.15, -0.1) is 13.2 Å². The first-order chi connectivity index (χ1) is 15.2. The van der Waals surface area contributed by atoms with E-state index in [1.165, 1.54) is 19.1 Å². The summed E-state index contributed by atoms with van der Waals surface area (Å²) < 4.78 is 50.9. The van der Waals surface area contributed by atoms with E-state index >= 15 is 0 Å². The van der Waals surface area contributed by atoms with Gasteiger partial charge in [-0.3, -0.25) is 4.79 Å². The van der Waals surface area contributed by atoms with Crippen LogP contribution in [-0.4, -0.2) is 18.4 Å². The molecule has 2 N–H and O–H groups in total. The Morgan fingerprint density at radius 1 is 0.688 bits per heavy atom. The minimum Gasteiger partial charge on any atom is -0.457 e. The van der Waals surface area contributed by atoms with Crippen molar-refractivity contribution in [1.29, 1.82) is 0 Å². The quantitative estimate of drug-likeness (QED) is 0.361. The minimum absolute atomic E-state index is 0.286. The van der Waals surface area contributed by atoms with Gasteiger partial charge in [0.25, 0.3) is 0 Å². The fourth-order valence-corrected chi connectivity index (χ4v) is 2.52. The first-order valence-electron chi connectivity index (χ1n) is 9.16. The van der Waals surface area contributed by atoms with Crippen LogP contribution in [0.4, 0.5) is 29.3 Å². The van der Waals surface area contributed by atoms with Gasteiger partial charge in [-0.05, 0) is 72.8 Å². The van der Waals surface area contributed by atoms with Crippen LogP contribution in [-0.2, 0) is 4.79 Å². The SMILES string of the molecule is CC(=O)Oc1ccc(Oc2ccc(NC(=O)Nc3ccc(OC(F)(F)F)cc3)cc2)cc1. The Kier molecular flexibility index (Phi) is 6.83. The normalized spacial score (nSPS) is 10.8. The van der Waals surface area contributed by atoms with Crippen LogP contribution in [0.15, 0.2) is 72.8 Å². The predicted octanol–water partition coefficient (Wildman–Crippen LogP) is 5.95. The number of anilines is 2. The molecule has 0 bridgehead atoms. The molecule has 0 radical (unpaired) electrons. The van der Waals surface area contributed by atoms with Gasteiger partial charge in [0.15, 0.2) is 0 Å². The summed E-state index contributed by atoms with van der Waals surface area (Å²) >= 11 is 0. The summed E-state index contributed by atoms with van der Waals surface area (Å²) in [4.78, 5) is 23.0. The molecule has 0 unspecified atom stereocenters. The van der Waals surface area contributed by atoms with Crippen molar-refractivity contribution in [3.8, 4) is 23.0 Å². The van der Waals surface area contributed by atoms with Crippen molar-refractivity contribution in [2.24, 2.45) is 0 Å². The molecule has 3 aromatic carbocycles. The van der Waals surface area contributed by atoms with Gasteiger partial charge in [0.1, 0.15) is 23.0 Å². The van der Waals surface area contributed by atoms with Crippen LogP contribution in [0.2, 0.25) is 0 Å². The number of alkyl halides is 3. The molecule has 0 saturated carbocycles. The van der Waals surface area contributed by atoms with Crippen LogP contribution in [0.5, 0.6) is 23.0 Å². The number of rotatable bonds is 6. The van der Waals surface area contributed by atoms with Gasteiger partial charge in [0.2, 0.25) is 0 Å². The van der Waals surface area contributed by atoms with Crippen molar-refractivity contribution in [2.75, 3.05) is 10.6 Å². The van der Waals surface area contributed by atoms with Crippen LogP contribution in [0.3, 0.4) is 0 Å². The standard InChI is InChI=1S/C22H17F3N2O5/c1-14(28)30-17-10-12-19(13-11-17)31-18-6-2-15(3-7-18)26-21(29)27-16-4-8-20(9-5-16)32-22(23,24)25/h2-13H,1H3,(H2,26,27,29). The average Bonchev–Trinajstić information content (AvgIpc) is 2.71. The van der Waals surface area contributed by atoms with E-state index < -0.39 is 18.4 Å². The van der Waals surface area contributed by atoms with Crippen molar-refractivity contribution in [1.82, 2.24) is 0 Å². The third kappa shape index (κ3) is 7.24. The summed E-state index contributed by atoms with van der Waals surface area (Å²) in [6.45, 7) is 1.31. The number of amides is 2. The predicted molar refractivity (Wildman–Crippen MR) is 110 cm³/mol. The molecule has 10 heteroatoms. The number of urea groups is 1. The largest absolute Gasteiger partial charge is 0.573 e. The zero-order chi connectivity index (χ0) is 23.1. The lowest BCUT2D eigenvalue weighted by Gasteiger charge is -2.11. The second-order valence-electron chi connectivity index (χ2n) is 6.34. The van der Waals surface area contributed by atoms with Crippen LogP contribution < -0.4 is 24.8 Å². The summed E-state index contributed by atoms with van der Waals surface area (Å²) in [6.07, 6.45) is -4.78. The van der Waals surface area contributed by atoms with Gasteiger partial charge in [-0.2, -0.15) is 0 Å². The van der Waals surface area contributed by atoms with E-state index in [1.54, 1.807) is 48.5 Å². The maximum absolute atomic E-state index is 12.2. The minimum atomic E-state index is -4.78. The van der Waals surface area contributed by atoms with Gasteiger partial charge in [-0.25, -0.2) is 4.79 Å². The number of benzene rings is 3. The molecular formula is C22H17F3N2O5. The second kappa shape index (κ2) is 9.73. The third-order valence-electron chi connectivity index (χ3n) is 3.78. The number of hydrogen-bond acceptors (Lipinski definition) is 5. The van der Waals surface area contributed by atoms with E-state index in [-0.39, 0.29) is 11.4 Å². The highest BCUT2D eigenvalue weighted by Gasteiger charge is 2.30. The molecule has 0 atom stereocenters. The maximum Gasteiger partial charge on any atom is 0.573 e. The Morgan fingerprint density at radius 3 is 1.53 bits per heavy atom. The number of carbonyl (C=O) groups is 2. The molecule has 0 fully saturated rings. The monoisotopic (exact) mass is 446 g/mol. The van der Waals surface area contributed by atoms with E-state index in [1.807, 2.05) is 0 Å². The topological polar surface area (TPSA) is 85.9 Å².